The minimum atomic E-state index is -1.95. The maximum absolute atomic E-state index is 11.4. The van der Waals surface area contributed by atoms with Crippen LogP contribution in [0.15, 0.2) is 30.3 Å². The Morgan fingerprint density at radius 1 is 1.31 bits per heavy atom. The fourth-order valence-electron chi connectivity index (χ4n) is 0.895. The molecule has 1 aromatic carbocycles. The van der Waals surface area contributed by atoms with Crippen molar-refractivity contribution in [2.24, 2.45) is 0 Å². The molecule has 6 heteroatoms. The van der Waals surface area contributed by atoms with Gasteiger partial charge in [-0.1, -0.05) is 41.4 Å². The van der Waals surface area contributed by atoms with Crippen LogP contribution in [0.3, 0.4) is 0 Å². The molecule has 0 aliphatic rings. The molecule has 0 heterocycles. The van der Waals surface area contributed by atoms with Crippen LogP contribution in [0.4, 0.5) is 0 Å². The molecule has 16 heavy (non-hydrogen) atoms. The van der Waals surface area contributed by atoms with E-state index in [0.29, 0.717) is 5.75 Å². The number of alkyl halides is 2. The zero-order valence-electron chi connectivity index (χ0n) is 8.07. The van der Waals surface area contributed by atoms with Crippen molar-refractivity contribution < 1.29 is 14.3 Å². The molecule has 0 fully saturated rings. The van der Waals surface area contributed by atoms with Gasteiger partial charge in [0.15, 0.2) is 0 Å². The van der Waals surface area contributed by atoms with E-state index >= 15 is 0 Å². The molecular weight excluding hydrogens is 279 g/mol. The van der Waals surface area contributed by atoms with E-state index < -0.39 is 10.5 Å². The Labute approximate surface area is 134 Å². The van der Waals surface area contributed by atoms with Crippen LogP contribution in [0.25, 0.3) is 0 Å². The second-order valence-corrected chi connectivity index (χ2v) is 3.91. The molecule has 0 amide bonds. The van der Waals surface area contributed by atoms with Crippen LogP contribution < -0.4 is 4.74 Å². The summed E-state index contributed by atoms with van der Waals surface area (Å²) in [5.74, 6) is -0.480. The van der Waals surface area contributed by atoms with E-state index in [0.717, 1.165) is 0 Å². The first-order valence-electron chi connectivity index (χ1n) is 4.35. The molecule has 0 bridgehead atoms. The molecular formula is C10H12CaCl2O3. The molecule has 0 saturated heterocycles. The SMILES string of the molecule is CCOC(Cl)(Cl)C(=O)Oc1ccccc1.[CaH2]. The standard InChI is InChI=1S/C10H10Cl2O3.Ca.2H/c1-2-14-10(11,12)9(13)15-8-6-4-3-5-7-8;;;/h3-7H,2H2,1H3;;;. The van der Waals surface area contributed by atoms with Crippen molar-refractivity contribution in [1.29, 1.82) is 0 Å². The molecule has 0 spiro atoms. The van der Waals surface area contributed by atoms with Crippen molar-refractivity contribution in [1.82, 2.24) is 0 Å². The fraction of sp³-hybridized carbons (Fsp3) is 0.300. The number of carbonyl (C=O) groups is 1. The van der Waals surface area contributed by atoms with Crippen molar-refractivity contribution in [3.63, 3.8) is 0 Å². The monoisotopic (exact) mass is 290 g/mol. The summed E-state index contributed by atoms with van der Waals surface area (Å²) in [6.45, 7) is 1.90. The van der Waals surface area contributed by atoms with Gasteiger partial charge in [-0.2, -0.15) is 0 Å². The van der Waals surface area contributed by atoms with Gasteiger partial charge >= 0.3 is 48.2 Å². The minimum absolute atomic E-state index is 0. The molecule has 0 aliphatic heterocycles. The van der Waals surface area contributed by atoms with E-state index in [2.05, 4.69) is 0 Å². The quantitative estimate of drug-likeness (QED) is 0.367. The number of carbonyl (C=O) groups excluding carboxylic acids is 1. The summed E-state index contributed by atoms with van der Waals surface area (Å²) in [6, 6.07) is 8.50. The molecule has 0 aliphatic carbocycles. The molecule has 86 valence electrons. The van der Waals surface area contributed by atoms with Crippen molar-refractivity contribution in [3.05, 3.63) is 30.3 Å². The number of ether oxygens (including phenoxy) is 2. The van der Waals surface area contributed by atoms with Crippen molar-refractivity contribution in [2.45, 2.75) is 11.4 Å². The topological polar surface area (TPSA) is 35.5 Å². The molecule has 1 aromatic rings. The summed E-state index contributed by atoms with van der Waals surface area (Å²) in [7, 11) is 0. The fourth-order valence-corrected chi connectivity index (χ4v) is 1.19. The number of halogens is 2. The summed E-state index contributed by atoms with van der Waals surface area (Å²) in [6.07, 6.45) is 0. The van der Waals surface area contributed by atoms with Crippen molar-refractivity contribution in [3.8, 4) is 5.75 Å². The Kier molecular flexibility index (Phi) is 7.98. The molecule has 0 aromatic heterocycles. The second kappa shape index (κ2) is 7.75. The van der Waals surface area contributed by atoms with Gasteiger partial charge in [-0.05, 0) is 19.1 Å². The van der Waals surface area contributed by atoms with Gasteiger partial charge in [0, 0.05) is 6.61 Å². The number of hydrogen-bond acceptors (Lipinski definition) is 3. The Morgan fingerprint density at radius 2 is 1.88 bits per heavy atom. The van der Waals surface area contributed by atoms with Gasteiger partial charge in [-0.3, -0.25) is 0 Å². The number of para-hydroxylation sites is 1. The van der Waals surface area contributed by atoms with Crippen LogP contribution in [0, 0.1) is 0 Å². The molecule has 0 N–H and O–H groups in total. The van der Waals surface area contributed by atoms with Gasteiger partial charge in [-0.25, -0.2) is 4.79 Å². The van der Waals surface area contributed by atoms with Crippen LogP contribution in [0.2, 0.25) is 0 Å². The first-order chi connectivity index (χ1) is 7.06. The number of rotatable bonds is 4. The Balaban J connectivity index is 0.00000225. The third-order valence-corrected chi connectivity index (χ3v) is 2.04. The molecule has 0 radical (unpaired) electrons. The Bertz CT molecular complexity index is 330. The van der Waals surface area contributed by atoms with Gasteiger partial charge in [0.05, 0.1) is 0 Å². The van der Waals surface area contributed by atoms with Gasteiger partial charge < -0.3 is 9.47 Å². The number of esters is 1. The molecule has 1 rings (SSSR count). The molecule has 0 saturated carbocycles. The maximum atomic E-state index is 11.4. The summed E-state index contributed by atoms with van der Waals surface area (Å²) in [5.41, 5.74) is 0. The predicted octanol–water partition coefficient (Wildman–Crippen LogP) is 1.84. The summed E-state index contributed by atoms with van der Waals surface area (Å²) >= 11 is 11.2. The molecule has 3 nitrogen and oxygen atoms in total. The van der Waals surface area contributed by atoms with Gasteiger partial charge in [-0.15, -0.1) is 0 Å². The summed E-state index contributed by atoms with van der Waals surface area (Å²) in [4.78, 5) is 11.4. The first-order valence-corrected chi connectivity index (χ1v) is 5.11. The van der Waals surface area contributed by atoms with Gasteiger partial charge in [0.25, 0.3) is 0 Å². The first kappa shape index (κ1) is 16.5. The third-order valence-electron chi connectivity index (χ3n) is 1.52. The van der Waals surface area contributed by atoms with E-state index in [1.165, 1.54) is 0 Å². The molecule has 0 unspecified atom stereocenters. The Hall–Kier alpha value is 0.490. The van der Waals surface area contributed by atoms with E-state index in [1.807, 2.05) is 0 Å². The van der Waals surface area contributed by atoms with E-state index in [-0.39, 0.29) is 44.3 Å². The number of benzene rings is 1. The normalized spacial score (nSPS) is 10.4. The predicted molar refractivity (Wildman–Crippen MR) is 66.7 cm³/mol. The van der Waals surface area contributed by atoms with Gasteiger partial charge in [0.1, 0.15) is 5.75 Å². The Morgan fingerprint density at radius 3 is 2.38 bits per heavy atom. The van der Waals surface area contributed by atoms with Crippen LogP contribution >= 0.6 is 23.2 Å². The second-order valence-electron chi connectivity index (χ2n) is 2.65. The van der Waals surface area contributed by atoms with Crippen molar-refractivity contribution in [2.75, 3.05) is 6.61 Å². The summed E-state index contributed by atoms with van der Waals surface area (Å²) in [5, 5.41) is 0. The van der Waals surface area contributed by atoms with E-state index in [9.17, 15) is 4.79 Å². The van der Waals surface area contributed by atoms with E-state index in [1.54, 1.807) is 37.3 Å². The van der Waals surface area contributed by atoms with Gasteiger partial charge in [0.2, 0.25) is 0 Å². The van der Waals surface area contributed by atoms with Crippen LogP contribution in [0.1, 0.15) is 6.92 Å². The summed E-state index contributed by atoms with van der Waals surface area (Å²) < 4.78 is 7.77. The molecule has 0 atom stereocenters. The zero-order chi connectivity index (χ0) is 11.3. The average Bonchev–Trinajstić information content (AvgIpc) is 2.19. The van der Waals surface area contributed by atoms with Crippen molar-refractivity contribution >= 4 is 66.9 Å². The van der Waals surface area contributed by atoms with E-state index in [4.69, 9.17) is 32.7 Å². The number of hydrogen-bond donors (Lipinski definition) is 0. The average molecular weight is 291 g/mol. The van der Waals surface area contributed by atoms with Crippen LogP contribution in [-0.4, -0.2) is 54.8 Å². The van der Waals surface area contributed by atoms with Crippen LogP contribution in [0.5, 0.6) is 5.75 Å². The third kappa shape index (κ3) is 5.21. The van der Waals surface area contributed by atoms with Crippen LogP contribution in [-0.2, 0) is 9.53 Å². The zero-order valence-corrected chi connectivity index (χ0v) is 9.59.